The Bertz CT molecular complexity index is 1350. The fraction of sp³-hybridized carbons (Fsp3) is 0.321. The maximum Gasteiger partial charge on any atom is 0.344 e. The van der Waals surface area contributed by atoms with E-state index in [1.165, 1.54) is 23.4 Å². The van der Waals surface area contributed by atoms with Gasteiger partial charge in [-0.2, -0.15) is 0 Å². The Kier molecular flexibility index (Phi) is 8.69. The van der Waals surface area contributed by atoms with Gasteiger partial charge in [-0.15, -0.1) is 0 Å². The summed E-state index contributed by atoms with van der Waals surface area (Å²) >= 11 is 6.06. The minimum Gasteiger partial charge on any atom is -0.479 e. The summed E-state index contributed by atoms with van der Waals surface area (Å²) in [6.45, 7) is 9.17. The Morgan fingerprint density at radius 1 is 1.00 bits per heavy atom. The molecule has 0 saturated carbocycles. The van der Waals surface area contributed by atoms with E-state index in [0.717, 1.165) is 23.1 Å². The number of carboxylic acid groups (broad SMARTS) is 1. The fourth-order valence-corrected chi connectivity index (χ4v) is 6.01. The van der Waals surface area contributed by atoms with Gasteiger partial charge in [-0.3, -0.25) is 4.31 Å². The summed E-state index contributed by atoms with van der Waals surface area (Å²) in [5, 5.41) is 9.81. The van der Waals surface area contributed by atoms with Crippen molar-refractivity contribution >= 4 is 33.3 Å². The molecule has 6 nitrogen and oxygen atoms in total. The zero-order valence-electron chi connectivity index (χ0n) is 21.2. The highest BCUT2D eigenvalue weighted by molar-refractivity contribution is 7.92. The average Bonchev–Trinajstić information content (AvgIpc) is 2.83. The molecule has 0 aliphatic heterocycles. The van der Waals surface area contributed by atoms with Gasteiger partial charge >= 0.3 is 5.97 Å². The van der Waals surface area contributed by atoms with Crippen molar-refractivity contribution in [3.8, 4) is 16.9 Å². The highest BCUT2D eigenvalue weighted by atomic mass is 35.5. The molecular formula is C28H32ClNO5S. The molecule has 0 aliphatic rings. The van der Waals surface area contributed by atoms with E-state index in [0.29, 0.717) is 40.6 Å². The van der Waals surface area contributed by atoms with Gasteiger partial charge in [0, 0.05) is 11.6 Å². The molecule has 0 unspecified atom stereocenters. The first-order valence-electron chi connectivity index (χ1n) is 11.9. The number of carboxylic acids is 1. The van der Waals surface area contributed by atoms with E-state index in [-0.39, 0.29) is 4.90 Å². The zero-order valence-corrected chi connectivity index (χ0v) is 22.8. The summed E-state index contributed by atoms with van der Waals surface area (Å²) in [7, 11) is -3.93. The molecule has 0 bridgehead atoms. The Labute approximate surface area is 218 Å². The molecule has 3 aromatic carbocycles. The first-order valence-corrected chi connectivity index (χ1v) is 13.7. The molecule has 0 aromatic heterocycles. The van der Waals surface area contributed by atoms with Crippen molar-refractivity contribution in [2.45, 2.75) is 58.5 Å². The molecule has 0 heterocycles. The fourth-order valence-electron chi connectivity index (χ4n) is 4.05. The standard InChI is InChI=1S/C28H32ClNO5S/c1-6-7-17-30(25-10-8-9-24(20(25)4)22-11-13-23(29)14-12-22)36(33,34)27-16-15-26(18(2)19(27)3)35-21(5)28(31)32/h8-16,21H,6-7,17H2,1-5H3,(H,31,32)/t21-/m0/s1. The molecule has 0 aliphatic carbocycles. The largest absolute Gasteiger partial charge is 0.479 e. The molecule has 1 N–H and O–H groups in total. The van der Waals surface area contributed by atoms with Crippen molar-refractivity contribution < 1.29 is 23.1 Å². The third kappa shape index (κ3) is 5.68. The summed E-state index contributed by atoms with van der Waals surface area (Å²) in [5.74, 6) is -0.743. The number of sulfonamides is 1. The number of nitrogens with zero attached hydrogens (tertiary/aromatic N) is 1. The van der Waals surface area contributed by atoms with E-state index < -0.39 is 22.1 Å². The third-order valence-electron chi connectivity index (χ3n) is 6.35. The van der Waals surface area contributed by atoms with Crippen LogP contribution in [0.25, 0.3) is 11.1 Å². The lowest BCUT2D eigenvalue weighted by Gasteiger charge is -2.28. The monoisotopic (exact) mass is 529 g/mol. The van der Waals surface area contributed by atoms with Gasteiger partial charge in [-0.1, -0.05) is 49.2 Å². The number of rotatable bonds is 10. The number of hydrogen-bond acceptors (Lipinski definition) is 4. The maximum absolute atomic E-state index is 14.1. The number of unbranched alkanes of at least 4 members (excludes halogenated alkanes) is 1. The van der Waals surface area contributed by atoms with Crippen LogP contribution < -0.4 is 9.04 Å². The Morgan fingerprint density at radius 3 is 2.28 bits per heavy atom. The molecule has 0 fully saturated rings. The van der Waals surface area contributed by atoms with Crippen LogP contribution in [0.5, 0.6) is 5.75 Å². The van der Waals surface area contributed by atoms with E-state index in [9.17, 15) is 18.3 Å². The topological polar surface area (TPSA) is 83.9 Å². The molecule has 36 heavy (non-hydrogen) atoms. The Hall–Kier alpha value is -3.03. The Balaban J connectivity index is 2.11. The van der Waals surface area contributed by atoms with Gasteiger partial charge in [0.05, 0.1) is 10.6 Å². The van der Waals surface area contributed by atoms with Gasteiger partial charge in [-0.25, -0.2) is 13.2 Å². The van der Waals surface area contributed by atoms with Gasteiger partial charge in [-0.05, 0) is 92.3 Å². The second-order valence-electron chi connectivity index (χ2n) is 8.80. The first-order chi connectivity index (χ1) is 17.0. The van der Waals surface area contributed by atoms with Gasteiger partial charge in [0.1, 0.15) is 5.75 Å². The highest BCUT2D eigenvalue weighted by Crippen LogP contribution is 2.36. The van der Waals surface area contributed by atoms with Gasteiger partial charge in [0.15, 0.2) is 6.10 Å². The van der Waals surface area contributed by atoms with Gasteiger partial charge < -0.3 is 9.84 Å². The summed E-state index contributed by atoms with van der Waals surface area (Å²) in [4.78, 5) is 11.4. The van der Waals surface area contributed by atoms with Crippen molar-refractivity contribution in [1.82, 2.24) is 0 Å². The average molecular weight is 530 g/mol. The lowest BCUT2D eigenvalue weighted by molar-refractivity contribution is -0.144. The quantitative estimate of drug-likeness (QED) is 0.313. The Morgan fingerprint density at radius 2 is 1.67 bits per heavy atom. The summed E-state index contributed by atoms with van der Waals surface area (Å²) in [5.41, 5.74) is 4.47. The van der Waals surface area contributed by atoms with Crippen molar-refractivity contribution in [3.63, 3.8) is 0 Å². The van der Waals surface area contributed by atoms with E-state index >= 15 is 0 Å². The summed E-state index contributed by atoms with van der Waals surface area (Å²) < 4.78 is 35.2. The van der Waals surface area contributed by atoms with Crippen LogP contribution >= 0.6 is 11.6 Å². The molecule has 0 radical (unpaired) electrons. The second-order valence-corrected chi connectivity index (χ2v) is 11.1. The molecule has 192 valence electrons. The van der Waals surface area contributed by atoms with Crippen LogP contribution in [0, 0.1) is 20.8 Å². The SMILES string of the molecule is CCCCN(c1cccc(-c2ccc(Cl)cc2)c1C)S(=O)(=O)c1ccc(O[C@@H](C)C(=O)O)c(C)c1C. The van der Waals surface area contributed by atoms with Crippen molar-refractivity contribution in [1.29, 1.82) is 0 Å². The van der Waals surface area contributed by atoms with E-state index in [1.54, 1.807) is 13.8 Å². The lowest BCUT2D eigenvalue weighted by atomic mass is 9.99. The predicted molar refractivity (Wildman–Crippen MR) is 145 cm³/mol. The van der Waals surface area contributed by atoms with Crippen LogP contribution in [0.15, 0.2) is 59.5 Å². The normalized spacial score (nSPS) is 12.3. The number of aliphatic carboxylic acids is 1. The van der Waals surface area contributed by atoms with Crippen molar-refractivity contribution in [3.05, 3.63) is 76.3 Å². The van der Waals surface area contributed by atoms with Gasteiger partial charge in [0.2, 0.25) is 0 Å². The number of hydrogen-bond donors (Lipinski definition) is 1. The minimum absolute atomic E-state index is 0.169. The van der Waals surface area contributed by atoms with Crippen LogP contribution in [0.4, 0.5) is 5.69 Å². The van der Waals surface area contributed by atoms with E-state index in [2.05, 4.69) is 0 Å². The molecule has 3 rings (SSSR count). The van der Waals surface area contributed by atoms with E-state index in [4.69, 9.17) is 16.3 Å². The second kappa shape index (κ2) is 11.4. The molecule has 0 saturated heterocycles. The molecule has 3 aromatic rings. The molecule has 1 atom stereocenters. The van der Waals surface area contributed by atoms with Gasteiger partial charge in [0.25, 0.3) is 10.0 Å². The van der Waals surface area contributed by atoms with E-state index in [1.807, 2.05) is 56.3 Å². The minimum atomic E-state index is -3.93. The number of carbonyl (C=O) groups is 1. The smallest absolute Gasteiger partial charge is 0.344 e. The molecular weight excluding hydrogens is 498 g/mol. The molecule has 0 spiro atoms. The lowest BCUT2D eigenvalue weighted by Crippen LogP contribution is -2.33. The number of anilines is 1. The number of halogens is 1. The van der Waals surface area contributed by atoms with Crippen LogP contribution in [0.2, 0.25) is 5.02 Å². The first kappa shape index (κ1) is 27.6. The summed E-state index contributed by atoms with van der Waals surface area (Å²) in [6, 6.07) is 16.2. The molecule has 0 amide bonds. The number of benzene rings is 3. The molecule has 8 heteroatoms. The third-order valence-corrected chi connectivity index (χ3v) is 8.56. The van der Waals surface area contributed by atoms with Crippen LogP contribution in [0.3, 0.4) is 0 Å². The van der Waals surface area contributed by atoms with Crippen LogP contribution in [0.1, 0.15) is 43.4 Å². The van der Waals surface area contributed by atoms with Crippen LogP contribution in [-0.2, 0) is 14.8 Å². The van der Waals surface area contributed by atoms with Crippen molar-refractivity contribution in [2.75, 3.05) is 10.8 Å². The maximum atomic E-state index is 14.1. The summed E-state index contributed by atoms with van der Waals surface area (Å²) in [6.07, 6.45) is 0.476. The highest BCUT2D eigenvalue weighted by Gasteiger charge is 2.29. The zero-order chi connectivity index (χ0) is 26.6. The predicted octanol–water partition coefficient (Wildman–Crippen LogP) is 6.78. The van der Waals surface area contributed by atoms with Crippen molar-refractivity contribution in [2.24, 2.45) is 0 Å². The van der Waals surface area contributed by atoms with Crippen LogP contribution in [-0.4, -0.2) is 32.1 Å². The number of ether oxygens (including phenoxy) is 1.